The van der Waals surface area contributed by atoms with Crippen LogP contribution in [0.5, 0.6) is 0 Å². The van der Waals surface area contributed by atoms with Crippen molar-refractivity contribution in [1.29, 1.82) is 0 Å². The first kappa shape index (κ1) is 20.0. The van der Waals surface area contributed by atoms with Crippen LogP contribution in [0.15, 0.2) is 35.2 Å². The normalized spacial score (nSPS) is 20.7. The van der Waals surface area contributed by atoms with E-state index in [1.165, 1.54) is 15.3 Å². The summed E-state index contributed by atoms with van der Waals surface area (Å²) in [4.78, 5) is 16.1. The zero-order valence-corrected chi connectivity index (χ0v) is 18.2. The highest BCUT2D eigenvalue weighted by Gasteiger charge is 2.43. The topological polar surface area (TPSA) is 50.4 Å². The van der Waals surface area contributed by atoms with Gasteiger partial charge in [-0.15, -0.1) is 23.1 Å². The summed E-state index contributed by atoms with van der Waals surface area (Å²) >= 11 is 3.46. The number of hydrogen-bond donors (Lipinski definition) is 2. The Balaban J connectivity index is 1.46. The highest BCUT2D eigenvalue weighted by atomic mass is 32.2. The van der Waals surface area contributed by atoms with Crippen molar-refractivity contribution in [2.75, 3.05) is 18.8 Å². The van der Waals surface area contributed by atoms with Crippen molar-refractivity contribution in [3.05, 3.63) is 51.2 Å². The second-order valence-electron chi connectivity index (χ2n) is 7.60. The quantitative estimate of drug-likeness (QED) is 0.713. The van der Waals surface area contributed by atoms with E-state index < -0.39 is 0 Å². The Morgan fingerprint density at radius 1 is 1.32 bits per heavy atom. The summed E-state index contributed by atoms with van der Waals surface area (Å²) in [7, 11) is 0. The van der Waals surface area contributed by atoms with E-state index in [4.69, 9.17) is 4.74 Å². The molecule has 4 nitrogen and oxygen atoms in total. The van der Waals surface area contributed by atoms with Crippen LogP contribution >= 0.6 is 23.1 Å². The number of rotatable bonds is 5. The van der Waals surface area contributed by atoms with Crippen LogP contribution < -0.4 is 10.6 Å². The van der Waals surface area contributed by atoms with E-state index in [0.29, 0.717) is 6.54 Å². The van der Waals surface area contributed by atoms with Gasteiger partial charge in [0.1, 0.15) is 5.60 Å². The Hall–Kier alpha value is -1.34. The Labute approximate surface area is 175 Å². The fourth-order valence-corrected chi connectivity index (χ4v) is 6.14. The summed E-state index contributed by atoms with van der Waals surface area (Å²) in [5, 5.41) is 6.52. The first-order chi connectivity index (χ1) is 13.6. The number of fused-ring (bicyclic) bond motifs is 2. The molecule has 1 amide bonds. The number of carbonyl (C=O) groups excluding carboxylic acids is 1. The number of benzene rings is 1. The molecule has 0 radical (unpaired) electrons. The third kappa shape index (κ3) is 4.15. The van der Waals surface area contributed by atoms with Gasteiger partial charge >= 0.3 is 0 Å². The van der Waals surface area contributed by atoms with Crippen LogP contribution in [0.3, 0.4) is 0 Å². The second kappa shape index (κ2) is 8.57. The molecule has 28 heavy (non-hydrogen) atoms. The Bertz CT molecular complexity index is 826. The molecule has 0 unspecified atom stereocenters. The maximum Gasteiger partial charge on any atom is 0.261 e. The van der Waals surface area contributed by atoms with Crippen molar-refractivity contribution in [2.45, 2.75) is 56.3 Å². The predicted octanol–water partition coefficient (Wildman–Crippen LogP) is 4.33. The van der Waals surface area contributed by atoms with Gasteiger partial charge in [0.05, 0.1) is 11.0 Å². The van der Waals surface area contributed by atoms with E-state index in [-0.39, 0.29) is 17.6 Å². The van der Waals surface area contributed by atoms with Gasteiger partial charge in [0.15, 0.2) is 0 Å². The Kier molecular flexibility index (Phi) is 6.11. The number of hydrogen-bond acceptors (Lipinski definition) is 5. The van der Waals surface area contributed by atoms with Crippen LogP contribution in [-0.2, 0) is 23.3 Å². The summed E-state index contributed by atoms with van der Waals surface area (Å²) < 4.78 is 6.43. The minimum Gasteiger partial charge on any atom is -0.366 e. The highest BCUT2D eigenvalue weighted by molar-refractivity contribution is 7.99. The van der Waals surface area contributed by atoms with Crippen molar-refractivity contribution < 1.29 is 9.53 Å². The molecule has 0 aliphatic carbocycles. The Morgan fingerprint density at radius 2 is 2.07 bits per heavy atom. The number of ether oxygens (including phenoxy) is 1. The maximum absolute atomic E-state index is 12.8. The van der Waals surface area contributed by atoms with Gasteiger partial charge < -0.3 is 15.4 Å². The summed E-state index contributed by atoms with van der Waals surface area (Å²) in [6.45, 7) is 6.79. The molecule has 0 bridgehead atoms. The molecular weight excluding hydrogens is 388 g/mol. The molecule has 2 aliphatic rings. The zero-order valence-electron chi connectivity index (χ0n) is 16.5. The van der Waals surface area contributed by atoms with Crippen LogP contribution in [-0.4, -0.2) is 30.9 Å². The third-order valence-electron chi connectivity index (χ3n) is 5.48. The van der Waals surface area contributed by atoms with Crippen LogP contribution in [0.1, 0.15) is 52.4 Å². The smallest absolute Gasteiger partial charge is 0.261 e. The number of thiophene rings is 1. The number of piperidine rings is 1. The predicted molar refractivity (Wildman–Crippen MR) is 116 cm³/mol. The Morgan fingerprint density at radius 3 is 2.79 bits per heavy atom. The van der Waals surface area contributed by atoms with Gasteiger partial charge in [-0.2, -0.15) is 0 Å². The number of amides is 1. The molecule has 2 aromatic rings. The largest absolute Gasteiger partial charge is 0.366 e. The summed E-state index contributed by atoms with van der Waals surface area (Å²) in [6, 6.07) is 10.5. The SMILES string of the molecule is CCSc1ccc(CNC(=O)c2cc3c(s2)C2(CCNCC2)O[C@H](C)C3)cc1. The fourth-order valence-electron chi connectivity index (χ4n) is 4.18. The van der Waals surface area contributed by atoms with E-state index in [9.17, 15) is 4.79 Å². The van der Waals surface area contributed by atoms with Gasteiger partial charge in [-0.3, -0.25) is 4.79 Å². The number of thioether (sulfide) groups is 1. The minimum absolute atomic E-state index is 0.0168. The van der Waals surface area contributed by atoms with E-state index in [2.05, 4.69) is 54.8 Å². The van der Waals surface area contributed by atoms with Crippen molar-refractivity contribution in [1.82, 2.24) is 10.6 Å². The molecule has 6 heteroatoms. The van der Waals surface area contributed by atoms with E-state index in [1.807, 2.05) is 11.8 Å². The molecule has 1 fully saturated rings. The van der Waals surface area contributed by atoms with Crippen molar-refractivity contribution in [3.63, 3.8) is 0 Å². The van der Waals surface area contributed by atoms with Crippen molar-refractivity contribution >= 4 is 29.0 Å². The van der Waals surface area contributed by atoms with Gasteiger partial charge in [-0.1, -0.05) is 19.1 Å². The standard InChI is InChI=1S/C22H28N2O2S2/c1-3-27-18-6-4-16(5-7-18)14-24-21(25)19-13-17-12-15(2)26-22(20(17)28-19)8-10-23-11-9-22/h4-7,13,15,23H,3,8-12,14H2,1-2H3,(H,24,25)/t15-/m1/s1. The van der Waals surface area contributed by atoms with Crippen molar-refractivity contribution in [3.8, 4) is 0 Å². The lowest BCUT2D eigenvalue weighted by atomic mass is 9.84. The molecule has 150 valence electrons. The lowest BCUT2D eigenvalue weighted by Crippen LogP contribution is -2.46. The first-order valence-electron chi connectivity index (χ1n) is 10.1. The first-order valence-corrected chi connectivity index (χ1v) is 11.9. The molecule has 3 heterocycles. The molecular formula is C22H28N2O2S2. The zero-order chi connectivity index (χ0) is 19.6. The van der Waals surface area contributed by atoms with Crippen LogP contribution in [0, 0.1) is 0 Å². The maximum atomic E-state index is 12.8. The summed E-state index contributed by atoms with van der Waals surface area (Å²) in [5.41, 5.74) is 2.23. The molecule has 1 spiro atoms. The monoisotopic (exact) mass is 416 g/mol. The molecule has 4 rings (SSSR count). The van der Waals surface area contributed by atoms with E-state index >= 15 is 0 Å². The van der Waals surface area contributed by atoms with Gasteiger partial charge in [-0.25, -0.2) is 0 Å². The average Bonchev–Trinajstić information content (AvgIpc) is 3.13. The molecule has 1 aromatic heterocycles. The average molecular weight is 417 g/mol. The molecule has 2 aliphatic heterocycles. The van der Waals surface area contributed by atoms with Gasteiger partial charge in [0, 0.05) is 16.3 Å². The van der Waals surface area contributed by atoms with Gasteiger partial charge in [-0.05, 0) is 74.4 Å². The summed E-state index contributed by atoms with van der Waals surface area (Å²) in [6.07, 6.45) is 3.06. The van der Waals surface area contributed by atoms with Crippen LogP contribution in [0.4, 0.5) is 0 Å². The van der Waals surface area contributed by atoms with Gasteiger partial charge in [0.2, 0.25) is 0 Å². The second-order valence-corrected chi connectivity index (χ2v) is 9.99. The van der Waals surface area contributed by atoms with Crippen LogP contribution in [0.25, 0.3) is 0 Å². The molecule has 1 atom stereocenters. The lowest BCUT2D eigenvalue weighted by molar-refractivity contribution is -0.117. The minimum atomic E-state index is -0.200. The lowest BCUT2D eigenvalue weighted by Gasteiger charge is -2.43. The van der Waals surface area contributed by atoms with Gasteiger partial charge in [0.25, 0.3) is 5.91 Å². The fraction of sp³-hybridized carbons (Fsp3) is 0.500. The van der Waals surface area contributed by atoms with E-state index in [0.717, 1.165) is 48.5 Å². The molecule has 1 saturated heterocycles. The third-order valence-corrected chi connectivity index (χ3v) is 7.74. The van der Waals surface area contributed by atoms with E-state index in [1.54, 1.807) is 11.3 Å². The number of nitrogens with one attached hydrogen (secondary N) is 2. The molecule has 0 saturated carbocycles. The number of carbonyl (C=O) groups is 1. The molecule has 1 aromatic carbocycles. The van der Waals surface area contributed by atoms with Crippen molar-refractivity contribution in [2.24, 2.45) is 0 Å². The summed E-state index contributed by atoms with van der Waals surface area (Å²) in [5.74, 6) is 1.09. The molecule has 2 N–H and O–H groups in total. The van der Waals surface area contributed by atoms with Crippen LogP contribution in [0.2, 0.25) is 0 Å². The highest BCUT2D eigenvalue weighted by Crippen LogP contribution is 2.46.